The summed E-state index contributed by atoms with van der Waals surface area (Å²) in [6, 6.07) is 2.85. The van der Waals surface area contributed by atoms with Crippen LogP contribution in [0.2, 0.25) is 5.02 Å². The average molecular weight is 473 g/mol. The maximum absolute atomic E-state index is 12.6. The molecule has 1 N–H and O–H groups in total. The minimum absolute atomic E-state index is 0.00531. The minimum atomic E-state index is -0.527. The van der Waals surface area contributed by atoms with Crippen LogP contribution in [0, 0.1) is 0 Å². The predicted molar refractivity (Wildman–Crippen MR) is 128 cm³/mol. The van der Waals surface area contributed by atoms with Crippen molar-refractivity contribution in [3.05, 3.63) is 64.7 Å². The van der Waals surface area contributed by atoms with Crippen molar-refractivity contribution < 1.29 is 24.3 Å². The lowest BCUT2D eigenvalue weighted by atomic mass is 10.0. The number of rotatable bonds is 3. The van der Waals surface area contributed by atoms with Crippen molar-refractivity contribution in [2.24, 2.45) is 5.16 Å². The number of allylic oxidation sites excluding steroid dienone is 3. The Balaban J connectivity index is 1.83. The first-order chi connectivity index (χ1) is 15.9. The van der Waals surface area contributed by atoms with E-state index in [1.54, 1.807) is 11.0 Å². The Kier molecular flexibility index (Phi) is 8.72. The molecule has 1 aromatic rings. The zero-order valence-electron chi connectivity index (χ0n) is 18.9. The Morgan fingerprint density at radius 3 is 2.64 bits per heavy atom. The van der Waals surface area contributed by atoms with Gasteiger partial charge >= 0.3 is 5.97 Å². The molecule has 1 amide bonds. The quantitative estimate of drug-likeness (QED) is 0.395. The second kappa shape index (κ2) is 11.7. The normalized spacial score (nSPS) is 24.6. The van der Waals surface area contributed by atoms with Gasteiger partial charge in [-0.15, -0.1) is 0 Å². The van der Waals surface area contributed by atoms with Gasteiger partial charge in [0.2, 0.25) is 0 Å². The van der Waals surface area contributed by atoms with Gasteiger partial charge in [-0.05, 0) is 56.9 Å². The molecule has 0 aliphatic carbocycles. The number of hydrogen-bond acceptors (Lipinski definition) is 6. The van der Waals surface area contributed by atoms with Gasteiger partial charge in [0.15, 0.2) is 6.61 Å². The van der Waals surface area contributed by atoms with Gasteiger partial charge in [0, 0.05) is 18.5 Å². The Hall–Kier alpha value is -3.06. The maximum atomic E-state index is 12.6. The number of nitrogens with zero attached hydrogens (tertiary/aromatic N) is 2. The van der Waals surface area contributed by atoms with E-state index in [1.165, 1.54) is 12.1 Å². The highest BCUT2D eigenvalue weighted by Gasteiger charge is 2.27. The van der Waals surface area contributed by atoms with Crippen molar-refractivity contribution in [1.82, 2.24) is 4.90 Å². The summed E-state index contributed by atoms with van der Waals surface area (Å²) in [5, 5.41) is 14.3. The van der Waals surface area contributed by atoms with Crippen molar-refractivity contribution in [1.29, 1.82) is 0 Å². The van der Waals surface area contributed by atoms with Crippen LogP contribution >= 0.6 is 11.6 Å². The van der Waals surface area contributed by atoms with Gasteiger partial charge in [0.05, 0.1) is 22.9 Å². The Bertz CT molecular complexity index is 987. The van der Waals surface area contributed by atoms with Gasteiger partial charge in [-0.3, -0.25) is 4.79 Å². The van der Waals surface area contributed by atoms with Crippen molar-refractivity contribution in [2.45, 2.75) is 51.6 Å². The number of carbonyl (C=O) groups excluding carboxylic acids is 2. The molecule has 0 fully saturated rings. The monoisotopic (exact) mass is 472 g/mol. The van der Waals surface area contributed by atoms with Gasteiger partial charge in [-0.2, -0.15) is 0 Å². The number of aromatic hydroxyl groups is 1. The third-order valence-electron chi connectivity index (χ3n) is 5.50. The molecule has 2 aliphatic rings. The number of fused-ring (bicyclic) bond motifs is 1. The molecule has 0 spiro atoms. The van der Waals surface area contributed by atoms with Gasteiger partial charge < -0.3 is 19.6 Å². The van der Waals surface area contributed by atoms with Crippen LogP contribution in [0.1, 0.15) is 49.0 Å². The lowest BCUT2D eigenvalue weighted by Gasteiger charge is -2.25. The number of phenols is 1. The van der Waals surface area contributed by atoms with E-state index in [4.69, 9.17) is 21.2 Å². The summed E-state index contributed by atoms with van der Waals surface area (Å²) in [6.07, 6.45) is 14.0. The van der Waals surface area contributed by atoms with Crippen LogP contribution in [-0.2, 0) is 20.8 Å². The van der Waals surface area contributed by atoms with Gasteiger partial charge in [0.25, 0.3) is 5.91 Å². The second-order valence-electron chi connectivity index (χ2n) is 8.00. The summed E-state index contributed by atoms with van der Waals surface area (Å²) in [5.41, 5.74) is 1.10. The number of ether oxygens (including phenoxy) is 1. The van der Waals surface area contributed by atoms with Crippen molar-refractivity contribution >= 4 is 29.2 Å². The van der Waals surface area contributed by atoms with E-state index in [2.05, 4.69) is 5.16 Å². The fraction of sp³-hybridized carbons (Fsp3) is 0.400. The first-order valence-corrected chi connectivity index (χ1v) is 11.4. The number of amides is 1. The number of cyclic esters (lactones) is 1. The van der Waals surface area contributed by atoms with Crippen molar-refractivity contribution in [2.75, 3.05) is 13.2 Å². The number of hydrogen-bond donors (Lipinski definition) is 1. The molecule has 8 heteroatoms. The van der Waals surface area contributed by atoms with Crippen molar-refractivity contribution in [3.63, 3.8) is 0 Å². The average Bonchev–Trinajstić information content (AvgIpc) is 3.12. The minimum Gasteiger partial charge on any atom is -0.506 e. The molecule has 33 heavy (non-hydrogen) atoms. The van der Waals surface area contributed by atoms with Crippen LogP contribution in [0.5, 0.6) is 5.75 Å². The van der Waals surface area contributed by atoms with Gasteiger partial charge in [0.1, 0.15) is 5.75 Å². The number of carbonyl (C=O) groups is 2. The predicted octanol–water partition coefficient (Wildman–Crippen LogP) is 4.59. The highest BCUT2D eigenvalue weighted by molar-refractivity contribution is 6.33. The van der Waals surface area contributed by atoms with Gasteiger partial charge in [-0.25, -0.2) is 4.79 Å². The number of esters is 1. The fourth-order valence-corrected chi connectivity index (χ4v) is 4.03. The van der Waals surface area contributed by atoms with Crippen LogP contribution in [-0.4, -0.2) is 52.9 Å². The molecule has 1 aromatic carbocycles. The molecule has 2 aliphatic heterocycles. The fourth-order valence-electron chi connectivity index (χ4n) is 3.80. The lowest BCUT2D eigenvalue weighted by Crippen LogP contribution is -2.41. The van der Waals surface area contributed by atoms with Crippen LogP contribution < -0.4 is 0 Å². The molecule has 0 bridgehead atoms. The summed E-state index contributed by atoms with van der Waals surface area (Å²) < 4.78 is 5.36. The summed E-state index contributed by atoms with van der Waals surface area (Å²) in [6.45, 7) is 3.93. The van der Waals surface area contributed by atoms with Gasteiger partial charge in [-0.1, -0.05) is 47.1 Å². The number of phenolic OH excluding ortho intramolecular Hbond substituents is 1. The number of oxime groups is 1. The van der Waals surface area contributed by atoms with E-state index in [0.717, 1.165) is 12.8 Å². The standard InChI is InChI=1S/C25H29ClN2O5/c1-17-10-11-18(2)28(17)23(30)16-33-27-19-9-7-5-3-4-6-8-14-32-25(31)20-12-13-22(29)24(26)21(20)15-19/h4,6-7,9-13,17-18,29H,3,5,8,14-16H2,1-2H3/b6-4+,9-7+,27-19+. The number of benzene rings is 1. The third kappa shape index (κ3) is 6.48. The zero-order valence-corrected chi connectivity index (χ0v) is 19.6. The maximum Gasteiger partial charge on any atom is 0.338 e. The SMILES string of the molecule is CC1C=CC(C)N1C(=O)CO/N=C1\C=C\CC/C=C/CCOC(=O)c2ccc(O)c(Cl)c2C1. The van der Waals surface area contributed by atoms with Crippen LogP contribution in [0.15, 0.2) is 53.7 Å². The molecule has 0 radical (unpaired) electrons. The largest absolute Gasteiger partial charge is 0.506 e. The molecule has 3 rings (SSSR count). The molecule has 176 valence electrons. The highest BCUT2D eigenvalue weighted by atomic mass is 35.5. The van der Waals surface area contributed by atoms with E-state index < -0.39 is 5.97 Å². The first kappa shape index (κ1) is 24.6. The molecule has 0 saturated heterocycles. The second-order valence-corrected chi connectivity index (χ2v) is 8.38. The van der Waals surface area contributed by atoms with E-state index in [-0.39, 0.29) is 54.0 Å². The molecular formula is C25H29ClN2O5. The molecule has 0 saturated carbocycles. The molecule has 2 atom stereocenters. The summed E-state index contributed by atoms with van der Waals surface area (Å²) >= 11 is 6.34. The summed E-state index contributed by atoms with van der Waals surface area (Å²) in [4.78, 5) is 32.3. The number of halogens is 1. The zero-order chi connectivity index (χ0) is 23.8. The molecule has 2 heterocycles. The Morgan fingerprint density at radius 1 is 1.18 bits per heavy atom. The van der Waals surface area contributed by atoms with Crippen LogP contribution in [0.3, 0.4) is 0 Å². The molecule has 7 nitrogen and oxygen atoms in total. The van der Waals surface area contributed by atoms with Crippen LogP contribution in [0.25, 0.3) is 0 Å². The summed E-state index contributed by atoms with van der Waals surface area (Å²) in [7, 11) is 0. The van der Waals surface area contributed by atoms with E-state index >= 15 is 0 Å². The topological polar surface area (TPSA) is 88.4 Å². The Labute approximate surface area is 199 Å². The molecular weight excluding hydrogens is 444 g/mol. The highest BCUT2D eigenvalue weighted by Crippen LogP contribution is 2.31. The van der Waals surface area contributed by atoms with E-state index in [0.29, 0.717) is 17.7 Å². The summed E-state index contributed by atoms with van der Waals surface area (Å²) in [5.74, 6) is -0.837. The Morgan fingerprint density at radius 2 is 1.88 bits per heavy atom. The third-order valence-corrected chi connectivity index (χ3v) is 5.92. The lowest BCUT2D eigenvalue weighted by molar-refractivity contribution is -0.137. The van der Waals surface area contributed by atoms with Crippen LogP contribution in [0.4, 0.5) is 0 Å². The van der Waals surface area contributed by atoms with Crippen molar-refractivity contribution in [3.8, 4) is 5.75 Å². The first-order valence-electron chi connectivity index (χ1n) is 11.1. The van der Waals surface area contributed by atoms with E-state index in [9.17, 15) is 14.7 Å². The smallest absolute Gasteiger partial charge is 0.338 e. The molecule has 0 aromatic heterocycles. The molecule has 2 unspecified atom stereocenters. The van der Waals surface area contributed by atoms with E-state index in [1.807, 2.05) is 44.2 Å².